The summed E-state index contributed by atoms with van der Waals surface area (Å²) in [5, 5.41) is 0.993. The molecular formula is C38H27N3S. The SMILES string of the molecule is c1ccc(N(c2ccccc2)c2ccc3c(c2)C(c2ccccc2)(c2ccccc2)Sc2nc4ccccc4n2-3)cc1. The summed E-state index contributed by atoms with van der Waals surface area (Å²) in [4.78, 5) is 7.51. The van der Waals surface area contributed by atoms with Gasteiger partial charge in [0, 0.05) is 22.6 Å². The number of hydrogen-bond acceptors (Lipinski definition) is 3. The lowest BCUT2D eigenvalue weighted by Gasteiger charge is -2.40. The highest BCUT2D eigenvalue weighted by molar-refractivity contribution is 8.00. The van der Waals surface area contributed by atoms with E-state index in [2.05, 4.69) is 173 Å². The summed E-state index contributed by atoms with van der Waals surface area (Å²) in [6.07, 6.45) is 0. The third-order valence-corrected chi connectivity index (χ3v) is 9.48. The quantitative estimate of drug-likeness (QED) is 0.210. The fourth-order valence-corrected chi connectivity index (χ4v) is 7.67. The standard InChI is InChI=1S/C38H27N3S/c1-5-15-28(16-6-1)38(29-17-7-2-8-18-29)33-27-32(40(30-19-9-3-10-20-30)31-21-11-4-12-22-31)25-26-35(33)41-36-24-14-13-23-34(36)39-37(41)42-38/h1-27H. The average Bonchev–Trinajstić information content (AvgIpc) is 3.44. The molecule has 1 aromatic heterocycles. The maximum atomic E-state index is 5.17. The van der Waals surface area contributed by atoms with Gasteiger partial charge in [-0.3, -0.25) is 4.57 Å². The molecule has 0 unspecified atom stereocenters. The lowest BCUT2D eigenvalue weighted by molar-refractivity contribution is 0.799. The minimum atomic E-state index is -0.510. The number of benzene rings is 6. The van der Waals surface area contributed by atoms with E-state index in [9.17, 15) is 0 Å². The molecule has 0 amide bonds. The van der Waals surface area contributed by atoms with E-state index < -0.39 is 4.75 Å². The average molecular weight is 558 g/mol. The molecular weight excluding hydrogens is 531 g/mol. The van der Waals surface area contributed by atoms with Crippen molar-refractivity contribution >= 4 is 39.9 Å². The molecule has 2 heterocycles. The number of rotatable bonds is 5. The third-order valence-electron chi connectivity index (χ3n) is 8.02. The topological polar surface area (TPSA) is 21.1 Å². The number of nitrogens with zero attached hydrogens (tertiary/aromatic N) is 3. The van der Waals surface area contributed by atoms with E-state index in [1.807, 2.05) is 11.8 Å². The van der Waals surface area contributed by atoms with Gasteiger partial charge in [0.25, 0.3) is 0 Å². The summed E-state index contributed by atoms with van der Waals surface area (Å²) in [7, 11) is 0. The molecule has 42 heavy (non-hydrogen) atoms. The Morgan fingerprint density at radius 1 is 0.524 bits per heavy atom. The van der Waals surface area contributed by atoms with E-state index in [0.29, 0.717) is 0 Å². The van der Waals surface area contributed by atoms with E-state index in [4.69, 9.17) is 4.98 Å². The summed E-state index contributed by atoms with van der Waals surface area (Å²) in [6.45, 7) is 0. The monoisotopic (exact) mass is 557 g/mol. The molecule has 0 bridgehead atoms. The summed E-state index contributed by atoms with van der Waals surface area (Å²) in [5.74, 6) is 0. The number of imidazole rings is 1. The number of anilines is 3. The zero-order chi connectivity index (χ0) is 27.9. The minimum absolute atomic E-state index is 0.510. The fraction of sp³-hybridized carbons (Fsp3) is 0.0263. The summed E-state index contributed by atoms with van der Waals surface area (Å²) in [6, 6.07) is 58.3. The Hall–Kier alpha value is -5.06. The van der Waals surface area contributed by atoms with Crippen LogP contribution in [0.25, 0.3) is 16.7 Å². The van der Waals surface area contributed by atoms with E-state index in [1.165, 1.54) is 16.7 Å². The Morgan fingerprint density at radius 3 is 1.64 bits per heavy atom. The van der Waals surface area contributed by atoms with E-state index in [0.717, 1.165) is 38.9 Å². The number of para-hydroxylation sites is 4. The van der Waals surface area contributed by atoms with Gasteiger partial charge in [-0.15, -0.1) is 0 Å². The van der Waals surface area contributed by atoms with Gasteiger partial charge in [-0.05, 0) is 65.7 Å². The Morgan fingerprint density at radius 2 is 1.05 bits per heavy atom. The van der Waals surface area contributed by atoms with Crippen molar-refractivity contribution in [1.82, 2.24) is 9.55 Å². The maximum absolute atomic E-state index is 5.17. The molecule has 4 heteroatoms. The van der Waals surface area contributed by atoms with Crippen LogP contribution in [-0.4, -0.2) is 9.55 Å². The Kier molecular flexibility index (Phi) is 5.94. The van der Waals surface area contributed by atoms with Gasteiger partial charge in [-0.1, -0.05) is 121 Å². The Labute approximate surface area is 249 Å². The molecule has 0 N–H and O–H groups in total. The van der Waals surface area contributed by atoms with Crippen molar-refractivity contribution in [3.8, 4) is 5.69 Å². The number of fused-ring (bicyclic) bond motifs is 5. The third kappa shape index (κ3) is 3.87. The summed E-state index contributed by atoms with van der Waals surface area (Å²) >= 11 is 1.82. The van der Waals surface area contributed by atoms with Crippen molar-refractivity contribution in [1.29, 1.82) is 0 Å². The normalized spacial score (nSPS) is 13.3. The molecule has 0 atom stereocenters. The van der Waals surface area contributed by atoms with Crippen LogP contribution in [0.5, 0.6) is 0 Å². The highest BCUT2D eigenvalue weighted by Gasteiger charge is 2.45. The van der Waals surface area contributed by atoms with Crippen molar-refractivity contribution in [2.45, 2.75) is 9.90 Å². The van der Waals surface area contributed by atoms with E-state index >= 15 is 0 Å². The minimum Gasteiger partial charge on any atom is -0.310 e. The van der Waals surface area contributed by atoms with Crippen LogP contribution in [0.4, 0.5) is 17.1 Å². The maximum Gasteiger partial charge on any atom is 0.175 e. The highest BCUT2D eigenvalue weighted by atomic mass is 32.2. The largest absolute Gasteiger partial charge is 0.310 e. The Bertz CT molecular complexity index is 1920. The van der Waals surface area contributed by atoms with Crippen LogP contribution in [-0.2, 0) is 4.75 Å². The van der Waals surface area contributed by atoms with Crippen molar-refractivity contribution < 1.29 is 0 Å². The molecule has 1 aliphatic heterocycles. The van der Waals surface area contributed by atoms with Crippen LogP contribution in [0.15, 0.2) is 169 Å². The van der Waals surface area contributed by atoms with E-state index in [1.54, 1.807) is 0 Å². The molecule has 8 rings (SSSR count). The molecule has 0 saturated heterocycles. The van der Waals surface area contributed by atoms with Gasteiger partial charge in [0.2, 0.25) is 0 Å². The first-order valence-electron chi connectivity index (χ1n) is 14.2. The molecule has 200 valence electrons. The van der Waals surface area contributed by atoms with Crippen molar-refractivity contribution in [3.05, 3.63) is 180 Å². The molecule has 0 aliphatic carbocycles. The van der Waals surface area contributed by atoms with Gasteiger partial charge < -0.3 is 4.90 Å². The smallest absolute Gasteiger partial charge is 0.175 e. The molecule has 0 saturated carbocycles. The molecule has 0 fully saturated rings. The molecule has 3 nitrogen and oxygen atoms in total. The molecule has 0 radical (unpaired) electrons. The Balaban J connectivity index is 1.47. The predicted octanol–water partition coefficient (Wildman–Crippen LogP) is 9.89. The molecule has 1 aliphatic rings. The second kappa shape index (κ2) is 10.1. The number of aromatic nitrogens is 2. The van der Waals surface area contributed by atoms with Gasteiger partial charge in [0.15, 0.2) is 5.16 Å². The highest BCUT2D eigenvalue weighted by Crippen LogP contribution is 2.57. The van der Waals surface area contributed by atoms with Gasteiger partial charge in [0.1, 0.15) is 4.75 Å². The van der Waals surface area contributed by atoms with Crippen LogP contribution in [0.1, 0.15) is 16.7 Å². The summed E-state index contributed by atoms with van der Waals surface area (Å²) in [5.41, 5.74) is 10.3. The second-order valence-corrected chi connectivity index (χ2v) is 11.6. The summed E-state index contributed by atoms with van der Waals surface area (Å²) < 4.78 is 1.82. The van der Waals surface area contributed by atoms with Crippen molar-refractivity contribution in [3.63, 3.8) is 0 Å². The fourth-order valence-electron chi connectivity index (χ4n) is 6.18. The van der Waals surface area contributed by atoms with E-state index in [-0.39, 0.29) is 0 Å². The zero-order valence-electron chi connectivity index (χ0n) is 22.8. The van der Waals surface area contributed by atoms with Gasteiger partial charge >= 0.3 is 0 Å². The second-order valence-electron chi connectivity index (χ2n) is 10.4. The van der Waals surface area contributed by atoms with Crippen LogP contribution < -0.4 is 4.90 Å². The van der Waals surface area contributed by atoms with Gasteiger partial charge in [-0.2, -0.15) is 0 Å². The predicted molar refractivity (Wildman–Crippen MR) is 174 cm³/mol. The molecule has 7 aromatic rings. The first-order chi connectivity index (χ1) is 20.8. The lowest BCUT2D eigenvalue weighted by Crippen LogP contribution is -2.31. The lowest BCUT2D eigenvalue weighted by atomic mass is 9.82. The van der Waals surface area contributed by atoms with Crippen LogP contribution >= 0.6 is 11.8 Å². The molecule has 6 aromatic carbocycles. The molecule has 0 spiro atoms. The first-order valence-corrected chi connectivity index (χ1v) is 15.0. The van der Waals surface area contributed by atoms with Crippen LogP contribution in [0.3, 0.4) is 0 Å². The number of hydrogen-bond donors (Lipinski definition) is 0. The number of thioether (sulfide) groups is 1. The van der Waals surface area contributed by atoms with Crippen molar-refractivity contribution in [2.75, 3.05) is 4.90 Å². The zero-order valence-corrected chi connectivity index (χ0v) is 23.7. The van der Waals surface area contributed by atoms with Crippen LogP contribution in [0.2, 0.25) is 0 Å². The van der Waals surface area contributed by atoms with Gasteiger partial charge in [-0.25, -0.2) is 4.98 Å². The van der Waals surface area contributed by atoms with Gasteiger partial charge in [0.05, 0.1) is 16.7 Å². The van der Waals surface area contributed by atoms with Crippen LogP contribution in [0, 0.1) is 0 Å². The van der Waals surface area contributed by atoms with Crippen molar-refractivity contribution in [2.24, 2.45) is 0 Å². The first kappa shape index (κ1) is 24.7.